The Bertz CT molecular complexity index is 773. The molecule has 0 aliphatic carbocycles. The van der Waals surface area contributed by atoms with Crippen molar-refractivity contribution >= 4 is 18.0 Å². The summed E-state index contributed by atoms with van der Waals surface area (Å²) >= 11 is 0. The molecule has 0 unspecified atom stereocenters. The molecule has 1 aromatic carbocycles. The van der Waals surface area contributed by atoms with Gasteiger partial charge in [0.05, 0.1) is 40.8 Å². The molecule has 10 heteroatoms. The number of hydrogen-bond acceptors (Lipinski definition) is 9. The van der Waals surface area contributed by atoms with E-state index in [1.54, 1.807) is 26.0 Å². The third-order valence-corrected chi connectivity index (χ3v) is 3.33. The quantitative estimate of drug-likeness (QED) is 0.153. The number of aliphatic hydroxyl groups excluding tert-OH is 1. The van der Waals surface area contributed by atoms with Crippen LogP contribution in [-0.4, -0.2) is 57.7 Å². The van der Waals surface area contributed by atoms with Crippen molar-refractivity contribution in [1.29, 1.82) is 0 Å². The molecule has 0 heterocycles. The Morgan fingerprint density at radius 3 is 2.25 bits per heavy atom. The van der Waals surface area contributed by atoms with Crippen molar-refractivity contribution in [3.05, 3.63) is 29.2 Å². The number of benzene rings is 1. The van der Waals surface area contributed by atoms with Gasteiger partial charge in [0.15, 0.2) is 22.9 Å². The number of esters is 1. The van der Waals surface area contributed by atoms with Crippen LogP contribution < -0.4 is 19.9 Å². The Kier molecular flexibility index (Phi) is 9.14. The van der Waals surface area contributed by atoms with Gasteiger partial charge < -0.3 is 34.5 Å². The van der Waals surface area contributed by atoms with Gasteiger partial charge in [-0.05, 0) is 26.0 Å². The summed E-state index contributed by atoms with van der Waals surface area (Å²) < 4.78 is 25.6. The van der Waals surface area contributed by atoms with E-state index < -0.39 is 17.5 Å². The second kappa shape index (κ2) is 11.3. The molecule has 0 saturated carbocycles. The number of hydrogen-bond donors (Lipinski definition) is 2. The Morgan fingerprint density at radius 1 is 1.07 bits per heavy atom. The maximum Gasteiger partial charge on any atom is 0.349 e. The molecule has 0 spiro atoms. The standard InChI is InChI=1S/C18H25N3O7/c1-6-27-17(22)13(18(23)28-7-2)16(19)21-20-10-11-8-9-12(24-3)15(26-5)14(11)25-4/h8-10,22H,6-7H2,1-5H3,(H2,19,21). The predicted molar refractivity (Wildman–Crippen MR) is 103 cm³/mol. The zero-order valence-corrected chi connectivity index (χ0v) is 16.5. The SMILES string of the molecule is CCOC(=O)C(C(N)=NN=Cc1ccc(OC)c(OC)c1OC)=C(O)OCC. The van der Waals surface area contributed by atoms with Crippen LogP contribution in [0.5, 0.6) is 17.2 Å². The summed E-state index contributed by atoms with van der Waals surface area (Å²) in [4.78, 5) is 12.0. The summed E-state index contributed by atoms with van der Waals surface area (Å²) in [5.74, 6) is -0.715. The molecule has 0 aliphatic heterocycles. The molecular weight excluding hydrogens is 370 g/mol. The van der Waals surface area contributed by atoms with E-state index >= 15 is 0 Å². The van der Waals surface area contributed by atoms with E-state index in [-0.39, 0.29) is 19.0 Å². The van der Waals surface area contributed by atoms with Crippen LogP contribution in [-0.2, 0) is 14.3 Å². The van der Waals surface area contributed by atoms with Crippen LogP contribution in [0.2, 0.25) is 0 Å². The van der Waals surface area contributed by atoms with Crippen molar-refractivity contribution in [1.82, 2.24) is 0 Å². The van der Waals surface area contributed by atoms with Crippen molar-refractivity contribution in [2.75, 3.05) is 34.5 Å². The largest absolute Gasteiger partial charge is 0.493 e. The van der Waals surface area contributed by atoms with Crippen molar-refractivity contribution in [3.63, 3.8) is 0 Å². The lowest BCUT2D eigenvalue weighted by Gasteiger charge is -2.13. The van der Waals surface area contributed by atoms with Gasteiger partial charge in [0.1, 0.15) is 0 Å². The number of rotatable bonds is 10. The molecule has 3 N–H and O–H groups in total. The molecule has 10 nitrogen and oxygen atoms in total. The average Bonchev–Trinajstić information content (AvgIpc) is 2.67. The van der Waals surface area contributed by atoms with Gasteiger partial charge in [0.2, 0.25) is 5.75 Å². The van der Waals surface area contributed by atoms with E-state index in [1.807, 2.05) is 0 Å². The van der Waals surface area contributed by atoms with Gasteiger partial charge in [-0.3, -0.25) is 0 Å². The topological polar surface area (TPSA) is 134 Å². The fraction of sp³-hybridized carbons (Fsp3) is 0.389. The third kappa shape index (κ3) is 5.53. The summed E-state index contributed by atoms with van der Waals surface area (Å²) in [5, 5.41) is 17.5. The van der Waals surface area contributed by atoms with Gasteiger partial charge in [-0.15, -0.1) is 5.10 Å². The minimum atomic E-state index is -0.881. The number of ether oxygens (including phenoxy) is 5. The molecule has 0 amide bonds. The highest BCUT2D eigenvalue weighted by Gasteiger charge is 2.23. The third-order valence-electron chi connectivity index (χ3n) is 3.33. The van der Waals surface area contributed by atoms with Gasteiger partial charge in [-0.25, -0.2) is 4.79 Å². The number of nitrogens with two attached hydrogens (primary N) is 1. The van der Waals surface area contributed by atoms with Gasteiger partial charge in [0.25, 0.3) is 5.95 Å². The van der Waals surface area contributed by atoms with Crippen molar-refractivity contribution < 1.29 is 33.6 Å². The fourth-order valence-corrected chi connectivity index (χ4v) is 2.14. The van der Waals surface area contributed by atoms with Crippen molar-refractivity contribution in [2.45, 2.75) is 13.8 Å². The number of carbonyl (C=O) groups is 1. The van der Waals surface area contributed by atoms with E-state index in [9.17, 15) is 9.90 Å². The Balaban J connectivity index is 3.25. The van der Waals surface area contributed by atoms with Crippen LogP contribution in [0.15, 0.2) is 33.9 Å². The molecule has 0 aliphatic rings. The molecule has 0 atom stereocenters. The first-order valence-electron chi connectivity index (χ1n) is 8.33. The summed E-state index contributed by atoms with van der Waals surface area (Å²) in [5.41, 5.74) is 5.88. The molecular formula is C18H25N3O7. The maximum atomic E-state index is 12.0. The smallest absolute Gasteiger partial charge is 0.349 e. The molecule has 1 aromatic rings. The summed E-state index contributed by atoms with van der Waals surface area (Å²) in [7, 11) is 4.45. The lowest BCUT2D eigenvalue weighted by atomic mass is 10.2. The lowest BCUT2D eigenvalue weighted by molar-refractivity contribution is -0.138. The van der Waals surface area contributed by atoms with Crippen molar-refractivity contribution in [2.24, 2.45) is 15.9 Å². The van der Waals surface area contributed by atoms with Crippen LogP contribution in [0.4, 0.5) is 0 Å². The number of methoxy groups -OCH3 is 3. The predicted octanol–water partition coefficient (Wildman–Crippen LogP) is 1.77. The van der Waals surface area contributed by atoms with E-state index in [2.05, 4.69) is 10.2 Å². The number of aliphatic hydroxyl groups is 1. The minimum absolute atomic E-state index is 0.0845. The molecule has 0 aromatic heterocycles. The van der Waals surface area contributed by atoms with Crippen LogP contribution in [0, 0.1) is 0 Å². The summed E-state index contributed by atoms with van der Waals surface area (Å²) in [6.07, 6.45) is 1.34. The first-order chi connectivity index (χ1) is 13.4. The van der Waals surface area contributed by atoms with Gasteiger partial charge in [-0.2, -0.15) is 5.10 Å². The highest BCUT2D eigenvalue weighted by Crippen LogP contribution is 2.38. The van der Waals surface area contributed by atoms with Crippen molar-refractivity contribution in [3.8, 4) is 17.2 Å². The second-order valence-electron chi connectivity index (χ2n) is 4.99. The van der Waals surface area contributed by atoms with Gasteiger partial charge in [0, 0.05) is 5.56 Å². The lowest BCUT2D eigenvalue weighted by Crippen LogP contribution is -2.25. The molecule has 154 valence electrons. The minimum Gasteiger partial charge on any atom is -0.493 e. The van der Waals surface area contributed by atoms with E-state index in [1.165, 1.54) is 27.5 Å². The van der Waals surface area contributed by atoms with Gasteiger partial charge in [-0.1, -0.05) is 0 Å². The Morgan fingerprint density at radius 2 is 1.71 bits per heavy atom. The molecule has 1 rings (SSSR count). The zero-order valence-electron chi connectivity index (χ0n) is 16.5. The Labute approximate surface area is 163 Å². The zero-order chi connectivity index (χ0) is 21.1. The fourth-order valence-electron chi connectivity index (χ4n) is 2.14. The summed E-state index contributed by atoms with van der Waals surface area (Å²) in [6, 6.07) is 3.34. The first-order valence-corrected chi connectivity index (χ1v) is 8.33. The van der Waals surface area contributed by atoms with Crippen LogP contribution in [0.25, 0.3) is 0 Å². The number of amidine groups is 1. The Hall–Kier alpha value is -3.43. The number of nitrogens with zero attached hydrogens (tertiary/aromatic N) is 2. The van der Waals surface area contributed by atoms with E-state index in [0.717, 1.165) is 0 Å². The van der Waals surface area contributed by atoms with E-state index in [4.69, 9.17) is 29.4 Å². The second-order valence-corrected chi connectivity index (χ2v) is 4.99. The van der Waals surface area contributed by atoms with E-state index in [0.29, 0.717) is 22.8 Å². The summed E-state index contributed by atoms with van der Waals surface area (Å²) in [6.45, 7) is 3.45. The highest BCUT2D eigenvalue weighted by atomic mass is 16.6. The highest BCUT2D eigenvalue weighted by molar-refractivity contribution is 6.18. The van der Waals surface area contributed by atoms with Crippen LogP contribution in [0.3, 0.4) is 0 Å². The molecule has 28 heavy (non-hydrogen) atoms. The normalized spacial score (nSPS) is 12.4. The molecule has 0 fully saturated rings. The molecule has 0 bridgehead atoms. The van der Waals surface area contributed by atoms with Crippen LogP contribution in [0.1, 0.15) is 19.4 Å². The molecule has 0 radical (unpaired) electrons. The van der Waals surface area contributed by atoms with Crippen LogP contribution >= 0.6 is 0 Å². The first kappa shape index (κ1) is 22.6. The number of carbonyl (C=O) groups excluding carboxylic acids is 1. The maximum absolute atomic E-state index is 12.0. The monoisotopic (exact) mass is 395 g/mol. The molecule has 0 saturated heterocycles. The average molecular weight is 395 g/mol. The van der Waals surface area contributed by atoms with Gasteiger partial charge >= 0.3 is 5.97 Å².